The normalized spacial score (nSPS) is 11.1. The van der Waals surface area contributed by atoms with Crippen molar-refractivity contribution in [2.45, 2.75) is 4.90 Å². The maximum atomic E-state index is 13.2. The number of ether oxygens (including phenoxy) is 1. The second-order valence-electron chi connectivity index (χ2n) is 4.34. The van der Waals surface area contributed by atoms with Gasteiger partial charge in [0.05, 0.1) is 17.6 Å². The van der Waals surface area contributed by atoms with Crippen LogP contribution < -0.4 is 4.74 Å². The van der Waals surface area contributed by atoms with Crippen molar-refractivity contribution in [1.82, 2.24) is 0 Å². The summed E-state index contributed by atoms with van der Waals surface area (Å²) in [6.45, 7) is 0. The summed E-state index contributed by atoms with van der Waals surface area (Å²) in [6, 6.07) is 11.0. The molecule has 0 heterocycles. The number of rotatable bonds is 5. The van der Waals surface area contributed by atoms with E-state index in [1.54, 1.807) is 18.2 Å². The third kappa shape index (κ3) is 3.46. The van der Waals surface area contributed by atoms with Gasteiger partial charge in [0.15, 0.2) is 15.6 Å². The number of benzene rings is 2. The highest BCUT2D eigenvalue weighted by molar-refractivity contribution is 7.92. The van der Waals surface area contributed by atoms with Crippen molar-refractivity contribution < 1.29 is 22.3 Å². The molecule has 2 aromatic carbocycles. The Kier molecular flexibility index (Phi) is 4.37. The van der Waals surface area contributed by atoms with E-state index in [0.29, 0.717) is 0 Å². The van der Waals surface area contributed by atoms with E-state index in [1.165, 1.54) is 25.3 Å². The van der Waals surface area contributed by atoms with E-state index < -0.39 is 27.2 Å². The summed E-state index contributed by atoms with van der Waals surface area (Å²) in [5.74, 6) is -1.94. The predicted molar refractivity (Wildman–Crippen MR) is 75.8 cm³/mol. The van der Waals surface area contributed by atoms with Crippen LogP contribution in [0.25, 0.3) is 0 Å². The van der Waals surface area contributed by atoms with Gasteiger partial charge >= 0.3 is 0 Å². The summed E-state index contributed by atoms with van der Waals surface area (Å²) in [5, 5.41) is 0. The third-order valence-electron chi connectivity index (χ3n) is 2.89. The minimum absolute atomic E-state index is 0.0497. The lowest BCUT2D eigenvalue weighted by atomic mass is 10.1. The molecule has 0 amide bonds. The smallest absolute Gasteiger partial charge is 0.185 e. The molecule has 0 atom stereocenters. The molecule has 0 radical (unpaired) electrons. The monoisotopic (exact) mass is 308 g/mol. The molecular formula is C15H13FO4S. The fourth-order valence-corrected chi connectivity index (χ4v) is 3.10. The number of carbonyl (C=O) groups excluding carboxylic acids is 1. The third-order valence-corrected chi connectivity index (χ3v) is 4.52. The van der Waals surface area contributed by atoms with Crippen molar-refractivity contribution >= 4 is 15.6 Å². The first-order valence-corrected chi connectivity index (χ1v) is 7.74. The standard InChI is InChI=1S/C15H13FO4S/c1-20-15-8-7-11(16)9-13(15)14(17)10-21(18,19)12-5-3-2-4-6-12/h2-9H,10H2,1H3. The summed E-state index contributed by atoms with van der Waals surface area (Å²) in [6.07, 6.45) is 0. The Labute approximate surface area is 122 Å². The fourth-order valence-electron chi connectivity index (χ4n) is 1.86. The van der Waals surface area contributed by atoms with E-state index in [4.69, 9.17) is 4.74 Å². The van der Waals surface area contributed by atoms with Gasteiger partial charge in [-0.05, 0) is 30.3 Å². The lowest BCUT2D eigenvalue weighted by Gasteiger charge is -2.08. The Morgan fingerprint density at radius 2 is 1.81 bits per heavy atom. The maximum absolute atomic E-state index is 13.2. The van der Waals surface area contributed by atoms with E-state index in [9.17, 15) is 17.6 Å². The van der Waals surface area contributed by atoms with Crippen molar-refractivity contribution in [2.75, 3.05) is 12.9 Å². The second kappa shape index (κ2) is 6.05. The van der Waals surface area contributed by atoms with Crippen molar-refractivity contribution in [3.63, 3.8) is 0 Å². The maximum Gasteiger partial charge on any atom is 0.185 e. The first-order valence-electron chi connectivity index (χ1n) is 6.08. The lowest BCUT2D eigenvalue weighted by Crippen LogP contribution is -2.17. The highest BCUT2D eigenvalue weighted by Crippen LogP contribution is 2.21. The Morgan fingerprint density at radius 3 is 2.43 bits per heavy atom. The van der Waals surface area contributed by atoms with Crippen LogP contribution in [0.15, 0.2) is 53.4 Å². The van der Waals surface area contributed by atoms with Gasteiger partial charge in [0.2, 0.25) is 0 Å². The molecule has 0 saturated carbocycles. The largest absolute Gasteiger partial charge is 0.496 e. The van der Waals surface area contributed by atoms with Gasteiger partial charge in [-0.1, -0.05) is 18.2 Å². The Hall–Kier alpha value is -2.21. The van der Waals surface area contributed by atoms with Crippen LogP contribution in [-0.4, -0.2) is 27.1 Å². The van der Waals surface area contributed by atoms with Crippen molar-refractivity contribution in [1.29, 1.82) is 0 Å². The number of ketones is 1. The number of methoxy groups -OCH3 is 1. The number of halogens is 1. The first-order chi connectivity index (χ1) is 9.94. The number of sulfone groups is 1. The number of Topliss-reactive ketones (excluding diaryl/α,β-unsaturated/α-hetero) is 1. The van der Waals surface area contributed by atoms with Crippen LogP contribution in [0.3, 0.4) is 0 Å². The van der Waals surface area contributed by atoms with Crippen LogP contribution in [0.2, 0.25) is 0 Å². The second-order valence-corrected chi connectivity index (χ2v) is 6.33. The van der Waals surface area contributed by atoms with Crippen LogP contribution >= 0.6 is 0 Å². The SMILES string of the molecule is COc1ccc(F)cc1C(=O)CS(=O)(=O)c1ccccc1. The molecule has 0 saturated heterocycles. The van der Waals surface area contributed by atoms with Crippen molar-refractivity contribution in [2.24, 2.45) is 0 Å². The van der Waals surface area contributed by atoms with E-state index in [1.807, 2.05) is 0 Å². The molecule has 110 valence electrons. The zero-order chi connectivity index (χ0) is 15.5. The highest BCUT2D eigenvalue weighted by Gasteiger charge is 2.22. The summed E-state index contributed by atoms with van der Waals surface area (Å²) >= 11 is 0. The number of hydrogen-bond donors (Lipinski definition) is 0. The zero-order valence-electron chi connectivity index (χ0n) is 11.2. The average molecular weight is 308 g/mol. The zero-order valence-corrected chi connectivity index (χ0v) is 12.1. The fraction of sp³-hybridized carbons (Fsp3) is 0.133. The average Bonchev–Trinajstić information content (AvgIpc) is 2.47. The minimum Gasteiger partial charge on any atom is -0.496 e. The Morgan fingerprint density at radius 1 is 1.14 bits per heavy atom. The van der Waals surface area contributed by atoms with Crippen molar-refractivity contribution in [3.8, 4) is 5.75 Å². The number of carbonyl (C=O) groups is 1. The van der Waals surface area contributed by atoms with Gasteiger partial charge in [-0.2, -0.15) is 0 Å². The van der Waals surface area contributed by atoms with Gasteiger partial charge in [-0.25, -0.2) is 12.8 Å². The first kappa shape index (κ1) is 15.2. The summed E-state index contributed by atoms with van der Waals surface area (Å²) in [7, 11) is -2.44. The van der Waals surface area contributed by atoms with Gasteiger partial charge in [0, 0.05) is 0 Å². The van der Waals surface area contributed by atoms with Crippen LogP contribution in [0.1, 0.15) is 10.4 Å². The molecular weight excluding hydrogens is 295 g/mol. The molecule has 4 nitrogen and oxygen atoms in total. The molecule has 2 rings (SSSR count). The van der Waals surface area contributed by atoms with E-state index >= 15 is 0 Å². The van der Waals surface area contributed by atoms with Crippen LogP contribution in [0, 0.1) is 5.82 Å². The molecule has 0 aliphatic rings. The van der Waals surface area contributed by atoms with Gasteiger partial charge in [-0.15, -0.1) is 0 Å². The molecule has 0 bridgehead atoms. The van der Waals surface area contributed by atoms with Gasteiger partial charge in [0.1, 0.15) is 17.3 Å². The molecule has 0 fully saturated rings. The van der Waals surface area contributed by atoms with Gasteiger partial charge < -0.3 is 4.74 Å². The predicted octanol–water partition coefficient (Wildman–Crippen LogP) is 2.49. The Bertz CT molecular complexity index is 754. The van der Waals surface area contributed by atoms with E-state index in [0.717, 1.165) is 12.1 Å². The Balaban J connectivity index is 2.32. The molecule has 0 aliphatic heterocycles. The number of hydrogen-bond acceptors (Lipinski definition) is 4. The molecule has 0 N–H and O–H groups in total. The topological polar surface area (TPSA) is 60.4 Å². The molecule has 21 heavy (non-hydrogen) atoms. The van der Waals surface area contributed by atoms with Gasteiger partial charge in [0.25, 0.3) is 0 Å². The summed E-state index contributed by atoms with van der Waals surface area (Å²) in [4.78, 5) is 12.2. The molecule has 0 aliphatic carbocycles. The summed E-state index contributed by atoms with van der Waals surface area (Å²) in [5.41, 5.74) is -0.0861. The van der Waals surface area contributed by atoms with Gasteiger partial charge in [-0.3, -0.25) is 4.79 Å². The highest BCUT2D eigenvalue weighted by atomic mass is 32.2. The molecule has 2 aromatic rings. The molecule has 6 heteroatoms. The molecule has 0 aromatic heterocycles. The summed E-state index contributed by atoms with van der Waals surface area (Å²) < 4.78 is 42.5. The van der Waals surface area contributed by atoms with Crippen LogP contribution in [-0.2, 0) is 9.84 Å². The van der Waals surface area contributed by atoms with Crippen LogP contribution in [0.5, 0.6) is 5.75 Å². The molecule has 0 spiro atoms. The minimum atomic E-state index is -3.77. The quantitative estimate of drug-likeness (QED) is 0.796. The molecule has 0 unspecified atom stereocenters. The van der Waals surface area contributed by atoms with Crippen LogP contribution in [0.4, 0.5) is 4.39 Å². The van der Waals surface area contributed by atoms with E-state index in [-0.39, 0.29) is 16.2 Å². The lowest BCUT2D eigenvalue weighted by molar-refractivity contribution is 0.101. The van der Waals surface area contributed by atoms with E-state index in [2.05, 4.69) is 0 Å². The van der Waals surface area contributed by atoms with Crippen molar-refractivity contribution in [3.05, 3.63) is 59.9 Å².